The molecule has 27 heavy (non-hydrogen) atoms. The first-order valence-corrected chi connectivity index (χ1v) is 9.25. The summed E-state index contributed by atoms with van der Waals surface area (Å²) in [5.74, 6) is -1.36. The molecule has 2 aromatic rings. The molecule has 140 valence electrons. The van der Waals surface area contributed by atoms with Gasteiger partial charge in [0.05, 0.1) is 5.56 Å². The molecule has 0 bridgehead atoms. The Hall–Kier alpha value is -2.53. The molecule has 3 nitrogen and oxygen atoms in total. The van der Waals surface area contributed by atoms with Gasteiger partial charge in [-0.15, -0.1) is 0 Å². The molecule has 2 atom stereocenters. The molecule has 4 rings (SSSR count). The van der Waals surface area contributed by atoms with E-state index < -0.39 is 17.5 Å². The van der Waals surface area contributed by atoms with Gasteiger partial charge in [-0.1, -0.05) is 17.7 Å². The van der Waals surface area contributed by atoms with Crippen LogP contribution in [0.3, 0.4) is 0 Å². The maximum atomic E-state index is 14.5. The molecule has 2 unspecified atom stereocenters. The van der Waals surface area contributed by atoms with Crippen LogP contribution < -0.4 is 11.5 Å². The van der Waals surface area contributed by atoms with Gasteiger partial charge in [0.2, 0.25) is 5.91 Å². The van der Waals surface area contributed by atoms with Gasteiger partial charge in [-0.3, -0.25) is 4.79 Å². The monoisotopic (exact) mass is 368 g/mol. The lowest BCUT2D eigenvalue weighted by molar-refractivity contribution is 0.0999. The van der Waals surface area contributed by atoms with Gasteiger partial charge in [-0.05, 0) is 79.0 Å². The Bertz CT molecular complexity index is 958. The minimum Gasteiger partial charge on any atom is -0.366 e. The van der Waals surface area contributed by atoms with Crippen LogP contribution in [0.2, 0.25) is 0 Å². The fourth-order valence-corrected chi connectivity index (χ4v) is 4.56. The van der Waals surface area contributed by atoms with Crippen LogP contribution in [-0.2, 0) is 6.42 Å². The Morgan fingerprint density at radius 1 is 1.15 bits per heavy atom. The molecule has 0 saturated heterocycles. The van der Waals surface area contributed by atoms with E-state index in [2.05, 4.69) is 0 Å². The molecule has 0 radical (unpaired) electrons. The molecule has 0 aliphatic heterocycles. The van der Waals surface area contributed by atoms with E-state index in [1.165, 1.54) is 23.8 Å². The maximum absolute atomic E-state index is 14.5. The molecule has 1 amide bonds. The Kier molecular flexibility index (Phi) is 4.35. The first-order valence-electron chi connectivity index (χ1n) is 9.25. The third-order valence-corrected chi connectivity index (χ3v) is 5.95. The molecule has 5 heteroatoms. The van der Waals surface area contributed by atoms with Crippen molar-refractivity contribution in [2.75, 3.05) is 0 Å². The Balaban J connectivity index is 1.93. The minimum absolute atomic E-state index is 0.0483. The van der Waals surface area contributed by atoms with Gasteiger partial charge in [0, 0.05) is 11.6 Å². The van der Waals surface area contributed by atoms with Crippen molar-refractivity contribution in [1.82, 2.24) is 0 Å². The van der Waals surface area contributed by atoms with E-state index in [1.807, 2.05) is 6.92 Å². The zero-order valence-corrected chi connectivity index (χ0v) is 15.2. The van der Waals surface area contributed by atoms with Crippen LogP contribution >= 0.6 is 0 Å². The van der Waals surface area contributed by atoms with Gasteiger partial charge in [-0.25, -0.2) is 8.78 Å². The number of halogens is 2. The Morgan fingerprint density at radius 3 is 2.48 bits per heavy atom. The number of fused-ring (bicyclic) bond motifs is 2. The van der Waals surface area contributed by atoms with E-state index in [1.54, 1.807) is 12.1 Å². The number of carbonyl (C=O) groups is 1. The second kappa shape index (κ2) is 6.57. The normalized spacial score (nSPS) is 19.6. The predicted molar refractivity (Wildman–Crippen MR) is 102 cm³/mol. The third kappa shape index (κ3) is 2.86. The van der Waals surface area contributed by atoms with Gasteiger partial charge in [-0.2, -0.15) is 0 Å². The summed E-state index contributed by atoms with van der Waals surface area (Å²) >= 11 is 0. The van der Waals surface area contributed by atoms with Crippen molar-refractivity contribution in [2.45, 2.75) is 38.6 Å². The van der Waals surface area contributed by atoms with Crippen molar-refractivity contribution in [3.63, 3.8) is 0 Å². The Labute approximate surface area is 157 Å². The van der Waals surface area contributed by atoms with Gasteiger partial charge in [0.25, 0.3) is 0 Å². The predicted octanol–water partition coefficient (Wildman–Crippen LogP) is 4.19. The van der Waals surface area contributed by atoms with Gasteiger partial charge in [0.1, 0.15) is 11.6 Å². The topological polar surface area (TPSA) is 69.1 Å². The number of hydrogen-bond donors (Lipinski definition) is 2. The highest BCUT2D eigenvalue weighted by molar-refractivity contribution is 6.00. The van der Waals surface area contributed by atoms with Crippen molar-refractivity contribution in [3.05, 3.63) is 64.2 Å². The van der Waals surface area contributed by atoms with Crippen LogP contribution in [0.15, 0.2) is 35.9 Å². The van der Waals surface area contributed by atoms with Crippen molar-refractivity contribution >= 4 is 11.5 Å². The molecule has 0 spiro atoms. The molecule has 0 saturated carbocycles. The Morgan fingerprint density at radius 2 is 1.85 bits per heavy atom. The number of carbonyl (C=O) groups excluding carboxylic acids is 1. The van der Waals surface area contributed by atoms with Crippen LogP contribution in [-0.4, -0.2) is 11.9 Å². The molecule has 0 heterocycles. The van der Waals surface area contributed by atoms with E-state index in [0.29, 0.717) is 23.5 Å². The lowest BCUT2D eigenvalue weighted by Crippen LogP contribution is -2.28. The number of benzene rings is 2. The van der Waals surface area contributed by atoms with Crippen molar-refractivity contribution < 1.29 is 13.6 Å². The third-order valence-electron chi connectivity index (χ3n) is 5.95. The molecule has 2 aromatic carbocycles. The van der Waals surface area contributed by atoms with Crippen LogP contribution in [0, 0.1) is 17.6 Å². The van der Waals surface area contributed by atoms with Crippen LogP contribution in [0.5, 0.6) is 0 Å². The summed E-state index contributed by atoms with van der Waals surface area (Å²) in [6.45, 7) is 2.01. The average molecular weight is 368 g/mol. The number of hydrogen-bond acceptors (Lipinski definition) is 2. The number of nitrogens with two attached hydrogens (primary N) is 2. The highest BCUT2D eigenvalue weighted by atomic mass is 19.1. The lowest BCUT2D eigenvalue weighted by Gasteiger charge is -2.27. The lowest BCUT2D eigenvalue weighted by atomic mass is 9.80. The largest absolute Gasteiger partial charge is 0.366 e. The zero-order chi connectivity index (χ0) is 19.3. The highest BCUT2D eigenvalue weighted by Gasteiger charge is 2.34. The fourth-order valence-electron chi connectivity index (χ4n) is 4.56. The van der Waals surface area contributed by atoms with Crippen LogP contribution in [0.4, 0.5) is 8.78 Å². The van der Waals surface area contributed by atoms with E-state index in [0.717, 1.165) is 36.0 Å². The van der Waals surface area contributed by atoms with E-state index in [4.69, 9.17) is 11.5 Å². The summed E-state index contributed by atoms with van der Waals surface area (Å²) in [5, 5.41) is 0. The van der Waals surface area contributed by atoms with Gasteiger partial charge in [0.15, 0.2) is 0 Å². The second-order valence-corrected chi connectivity index (χ2v) is 7.60. The summed E-state index contributed by atoms with van der Waals surface area (Å²) in [6.07, 6.45) is 3.16. The van der Waals surface area contributed by atoms with Gasteiger partial charge >= 0.3 is 0 Å². The van der Waals surface area contributed by atoms with Crippen LogP contribution in [0.25, 0.3) is 16.7 Å². The zero-order valence-electron chi connectivity index (χ0n) is 15.2. The molecular weight excluding hydrogens is 346 g/mol. The number of allylic oxidation sites excluding steroid dienone is 2. The van der Waals surface area contributed by atoms with Crippen LogP contribution in [0.1, 0.15) is 47.7 Å². The van der Waals surface area contributed by atoms with Gasteiger partial charge < -0.3 is 11.5 Å². The molecule has 0 aromatic heterocycles. The molecular formula is C22H22F2N2O. The minimum atomic E-state index is -0.609. The summed E-state index contributed by atoms with van der Waals surface area (Å²) in [5.41, 5.74) is 16.4. The van der Waals surface area contributed by atoms with E-state index >= 15 is 0 Å². The summed E-state index contributed by atoms with van der Waals surface area (Å²) in [4.78, 5) is 12.0. The highest BCUT2D eigenvalue weighted by Crippen LogP contribution is 2.49. The van der Waals surface area contributed by atoms with E-state index in [9.17, 15) is 13.6 Å². The van der Waals surface area contributed by atoms with Crippen molar-refractivity contribution in [2.24, 2.45) is 17.4 Å². The molecule has 4 N–H and O–H groups in total. The number of amides is 1. The molecule has 0 fully saturated rings. The summed E-state index contributed by atoms with van der Waals surface area (Å²) in [6, 6.07) is 7.15. The maximum Gasteiger partial charge on any atom is 0.249 e. The first-order chi connectivity index (χ1) is 12.9. The van der Waals surface area contributed by atoms with Crippen molar-refractivity contribution in [1.29, 1.82) is 0 Å². The summed E-state index contributed by atoms with van der Waals surface area (Å²) < 4.78 is 29.0. The number of rotatable bonds is 3. The van der Waals surface area contributed by atoms with E-state index in [-0.39, 0.29) is 11.6 Å². The first kappa shape index (κ1) is 17.9. The average Bonchev–Trinajstić information content (AvgIpc) is 2.99. The molecule has 2 aliphatic carbocycles. The standard InChI is InChI=1S/C22H22F2N2O/c1-11(25)12-5-6-14-13(9-12)10-17-15(22(26)27)7-8-16(20(14)17)21-18(23)3-2-4-19(21)24/h2-4,7-8,11-12H,5-6,9-10,25H2,1H3,(H2,26,27). The van der Waals surface area contributed by atoms with Crippen molar-refractivity contribution in [3.8, 4) is 11.1 Å². The molecule has 2 aliphatic rings. The second-order valence-electron chi connectivity index (χ2n) is 7.60. The summed E-state index contributed by atoms with van der Waals surface area (Å²) in [7, 11) is 0. The SMILES string of the molecule is CC(N)C1CCC2=C(Cc3c(C(N)=O)ccc(-c4c(F)cccc4F)c32)C1. The number of primary amides is 1. The quantitative estimate of drug-likeness (QED) is 0.853. The smallest absolute Gasteiger partial charge is 0.249 e. The fraction of sp³-hybridized carbons (Fsp3) is 0.318.